The number of rotatable bonds is 7. The van der Waals surface area contributed by atoms with Crippen LogP contribution in [0.2, 0.25) is 0 Å². The zero-order valence-corrected chi connectivity index (χ0v) is 23.5. The lowest BCUT2D eigenvalue weighted by atomic mass is 9.95. The van der Waals surface area contributed by atoms with Crippen molar-refractivity contribution in [2.24, 2.45) is 5.41 Å². The van der Waals surface area contributed by atoms with Gasteiger partial charge < -0.3 is 24.8 Å². The minimum Gasteiger partial charge on any atom is -0.463 e. The molecule has 7 rings (SSSR count). The van der Waals surface area contributed by atoms with Crippen LogP contribution in [0.4, 0.5) is 11.5 Å². The number of nitrogens with zero attached hydrogens (tertiary/aromatic N) is 6. The SMILES string of the molecule is CN1CCC[C@H]1C1(COc2nc3c(c(N4CCN[C@@H](CC#N)C4)n2)CCN(c2cccc4ccccc24)C3)CC1. The first kappa shape index (κ1) is 25.6. The summed E-state index contributed by atoms with van der Waals surface area (Å²) >= 11 is 0. The average molecular weight is 538 g/mol. The zero-order valence-electron chi connectivity index (χ0n) is 23.5. The summed E-state index contributed by atoms with van der Waals surface area (Å²) < 4.78 is 6.52. The fourth-order valence-electron chi connectivity index (χ4n) is 7.30. The van der Waals surface area contributed by atoms with Crippen LogP contribution in [-0.4, -0.2) is 73.3 Å². The number of hydrogen-bond donors (Lipinski definition) is 1. The number of ether oxygens (including phenoxy) is 1. The van der Waals surface area contributed by atoms with Gasteiger partial charge in [-0.05, 0) is 57.1 Å². The second-order valence-corrected chi connectivity index (χ2v) is 12.2. The van der Waals surface area contributed by atoms with Crippen molar-refractivity contribution in [1.82, 2.24) is 20.2 Å². The number of piperazine rings is 1. The molecule has 2 atom stereocenters. The second-order valence-electron chi connectivity index (χ2n) is 12.2. The van der Waals surface area contributed by atoms with E-state index in [1.165, 1.54) is 54.3 Å². The molecular formula is C32H39N7O. The molecule has 0 spiro atoms. The summed E-state index contributed by atoms with van der Waals surface area (Å²) in [5.41, 5.74) is 3.80. The third kappa shape index (κ3) is 4.76. The molecule has 1 aliphatic carbocycles. The van der Waals surface area contributed by atoms with E-state index >= 15 is 0 Å². The van der Waals surface area contributed by atoms with Gasteiger partial charge in [-0.25, -0.2) is 0 Å². The molecule has 0 amide bonds. The Morgan fingerprint density at radius 2 is 1.95 bits per heavy atom. The number of nitriles is 1. The monoisotopic (exact) mass is 537 g/mol. The van der Waals surface area contributed by atoms with Crippen molar-refractivity contribution in [3.8, 4) is 12.1 Å². The Morgan fingerprint density at radius 3 is 2.77 bits per heavy atom. The first-order valence-electron chi connectivity index (χ1n) is 14.9. The zero-order chi connectivity index (χ0) is 27.1. The molecule has 2 aromatic carbocycles. The van der Waals surface area contributed by atoms with E-state index in [9.17, 15) is 5.26 Å². The molecule has 3 aromatic rings. The lowest BCUT2D eigenvalue weighted by molar-refractivity contribution is 0.132. The van der Waals surface area contributed by atoms with Crippen LogP contribution in [0.1, 0.15) is 43.4 Å². The van der Waals surface area contributed by atoms with Crippen molar-refractivity contribution in [2.45, 2.75) is 57.2 Å². The van der Waals surface area contributed by atoms with Crippen molar-refractivity contribution >= 4 is 22.3 Å². The Kier molecular flexibility index (Phi) is 6.73. The predicted octanol–water partition coefficient (Wildman–Crippen LogP) is 4.14. The smallest absolute Gasteiger partial charge is 0.318 e. The van der Waals surface area contributed by atoms with E-state index in [2.05, 4.69) is 75.6 Å². The normalized spacial score (nSPS) is 24.1. The summed E-state index contributed by atoms with van der Waals surface area (Å²) in [5, 5.41) is 15.4. The lowest BCUT2D eigenvalue weighted by Crippen LogP contribution is -2.51. The Hall–Kier alpha value is -3.41. The maximum absolute atomic E-state index is 9.32. The highest BCUT2D eigenvalue weighted by Gasteiger charge is 2.52. The van der Waals surface area contributed by atoms with E-state index < -0.39 is 0 Å². The molecule has 0 unspecified atom stereocenters. The maximum atomic E-state index is 9.32. The van der Waals surface area contributed by atoms with Crippen LogP contribution in [-0.2, 0) is 13.0 Å². The highest BCUT2D eigenvalue weighted by molar-refractivity contribution is 5.94. The van der Waals surface area contributed by atoms with Gasteiger partial charge in [0.05, 0.1) is 31.3 Å². The van der Waals surface area contributed by atoms with E-state index in [-0.39, 0.29) is 11.5 Å². The van der Waals surface area contributed by atoms with Gasteiger partial charge in [0.2, 0.25) is 0 Å². The van der Waals surface area contributed by atoms with Crippen LogP contribution in [0.25, 0.3) is 10.8 Å². The largest absolute Gasteiger partial charge is 0.463 e. The average Bonchev–Trinajstić information content (AvgIpc) is 3.65. The molecule has 40 heavy (non-hydrogen) atoms. The Labute approximate surface area is 236 Å². The molecule has 1 saturated carbocycles. The highest BCUT2D eigenvalue weighted by Crippen LogP contribution is 2.53. The molecule has 8 nitrogen and oxygen atoms in total. The van der Waals surface area contributed by atoms with E-state index in [1.807, 2.05) is 0 Å². The maximum Gasteiger partial charge on any atom is 0.318 e. The molecule has 4 heterocycles. The van der Waals surface area contributed by atoms with Gasteiger partial charge >= 0.3 is 6.01 Å². The summed E-state index contributed by atoms with van der Waals surface area (Å²) in [6, 6.07) is 18.8. The lowest BCUT2D eigenvalue weighted by Gasteiger charge is -2.37. The molecular weight excluding hydrogens is 498 g/mol. The number of anilines is 2. The van der Waals surface area contributed by atoms with Crippen molar-refractivity contribution in [3.05, 3.63) is 53.7 Å². The molecule has 0 bridgehead atoms. The van der Waals surface area contributed by atoms with E-state index in [0.29, 0.717) is 25.1 Å². The number of nitrogens with one attached hydrogen (secondary N) is 1. The van der Waals surface area contributed by atoms with E-state index in [0.717, 1.165) is 50.7 Å². The summed E-state index contributed by atoms with van der Waals surface area (Å²) in [6.45, 7) is 6.02. The first-order valence-corrected chi connectivity index (χ1v) is 14.9. The number of likely N-dealkylation sites (tertiary alicyclic amines) is 1. The number of hydrogen-bond acceptors (Lipinski definition) is 8. The number of fused-ring (bicyclic) bond motifs is 2. The van der Waals surface area contributed by atoms with Crippen molar-refractivity contribution < 1.29 is 4.74 Å². The topological polar surface area (TPSA) is 80.5 Å². The van der Waals surface area contributed by atoms with Crippen molar-refractivity contribution in [2.75, 3.05) is 56.2 Å². The van der Waals surface area contributed by atoms with Gasteiger partial charge in [-0.1, -0.05) is 36.4 Å². The fourth-order valence-corrected chi connectivity index (χ4v) is 7.30. The Bertz CT molecular complexity index is 1430. The standard InChI is InChI=1S/C32H39N7O/c1-37-17-5-10-29(37)32(13-14-32)22-40-31-35-27-21-38(28-9-4-7-23-6-2-3-8-25(23)28)18-12-26(27)30(36-31)39-19-16-34-24(20-39)11-15-33/h2-4,6-9,24,29,34H,5,10-14,16-22H2,1H3/t24-,29-/m0/s1. The van der Waals surface area contributed by atoms with E-state index in [1.54, 1.807) is 0 Å². The molecule has 1 aromatic heterocycles. The molecule has 4 aliphatic rings. The second kappa shape index (κ2) is 10.5. The third-order valence-corrected chi connectivity index (χ3v) is 9.63. The molecule has 2 saturated heterocycles. The van der Waals surface area contributed by atoms with E-state index in [4.69, 9.17) is 14.7 Å². The van der Waals surface area contributed by atoms with Gasteiger partial charge in [-0.2, -0.15) is 15.2 Å². The molecule has 3 aliphatic heterocycles. The van der Waals surface area contributed by atoms with Gasteiger partial charge in [0, 0.05) is 60.3 Å². The quantitative estimate of drug-likeness (QED) is 0.482. The summed E-state index contributed by atoms with van der Waals surface area (Å²) in [5.74, 6) is 1.00. The predicted molar refractivity (Wildman–Crippen MR) is 158 cm³/mol. The minimum absolute atomic E-state index is 0.150. The van der Waals surface area contributed by atoms with Gasteiger partial charge in [-0.3, -0.25) is 0 Å². The Morgan fingerprint density at radius 1 is 1.07 bits per heavy atom. The van der Waals surface area contributed by atoms with Gasteiger partial charge in [0.1, 0.15) is 5.82 Å². The van der Waals surface area contributed by atoms with Crippen molar-refractivity contribution in [3.63, 3.8) is 0 Å². The van der Waals surface area contributed by atoms with Crippen LogP contribution < -0.4 is 19.9 Å². The van der Waals surface area contributed by atoms with Crippen LogP contribution in [0.3, 0.4) is 0 Å². The van der Waals surface area contributed by atoms with Gasteiger partial charge in [0.15, 0.2) is 0 Å². The molecule has 1 N–H and O–H groups in total. The molecule has 3 fully saturated rings. The van der Waals surface area contributed by atoms with Crippen molar-refractivity contribution in [1.29, 1.82) is 5.26 Å². The minimum atomic E-state index is 0.150. The van der Waals surface area contributed by atoms with Crippen LogP contribution in [0.5, 0.6) is 6.01 Å². The van der Waals surface area contributed by atoms with Crippen LogP contribution >= 0.6 is 0 Å². The Balaban J connectivity index is 1.20. The molecule has 208 valence electrons. The van der Waals surface area contributed by atoms with Crippen LogP contribution in [0.15, 0.2) is 42.5 Å². The number of aromatic nitrogens is 2. The summed E-state index contributed by atoms with van der Waals surface area (Å²) in [4.78, 5) is 17.5. The van der Waals surface area contributed by atoms with Gasteiger partial charge in [-0.15, -0.1) is 0 Å². The fraction of sp³-hybridized carbons (Fsp3) is 0.531. The summed E-state index contributed by atoms with van der Waals surface area (Å²) in [6.07, 6.45) is 6.37. The number of benzene rings is 2. The van der Waals surface area contributed by atoms with Crippen LogP contribution in [0, 0.1) is 16.7 Å². The van der Waals surface area contributed by atoms with Gasteiger partial charge in [0.25, 0.3) is 0 Å². The first-order chi connectivity index (χ1) is 19.6. The third-order valence-electron chi connectivity index (χ3n) is 9.63. The summed E-state index contributed by atoms with van der Waals surface area (Å²) in [7, 11) is 2.26. The molecule has 8 heteroatoms. The molecule has 0 radical (unpaired) electrons. The highest BCUT2D eigenvalue weighted by atomic mass is 16.5.